The number of morpholine rings is 1. The zero-order chi connectivity index (χ0) is 21.8. The quantitative estimate of drug-likeness (QED) is 0.525. The van der Waals surface area contributed by atoms with Crippen LogP contribution in [0.5, 0.6) is 0 Å². The summed E-state index contributed by atoms with van der Waals surface area (Å²) in [6, 6.07) is 6.02. The highest BCUT2D eigenvalue weighted by Gasteiger charge is 2.24. The molecule has 168 valence electrons. The van der Waals surface area contributed by atoms with Crippen molar-refractivity contribution in [2.45, 2.75) is 32.2 Å². The predicted molar refractivity (Wildman–Crippen MR) is 123 cm³/mol. The van der Waals surface area contributed by atoms with Crippen molar-refractivity contribution in [2.24, 2.45) is 5.92 Å². The molecule has 32 heavy (non-hydrogen) atoms. The molecule has 0 radical (unpaired) electrons. The van der Waals surface area contributed by atoms with E-state index in [4.69, 9.17) is 9.72 Å². The highest BCUT2D eigenvalue weighted by atomic mass is 16.5. The molecular formula is C23H29N7O2. The van der Waals surface area contributed by atoms with Crippen LogP contribution < -0.4 is 15.5 Å². The van der Waals surface area contributed by atoms with Gasteiger partial charge in [0.15, 0.2) is 0 Å². The van der Waals surface area contributed by atoms with Crippen LogP contribution in [-0.2, 0) is 16.1 Å². The van der Waals surface area contributed by atoms with Crippen molar-refractivity contribution in [3.05, 3.63) is 36.8 Å². The number of ether oxygens (including phenoxy) is 1. The molecule has 3 aromatic heterocycles. The molecule has 3 aromatic rings. The molecule has 0 aromatic carbocycles. The van der Waals surface area contributed by atoms with E-state index in [1.165, 1.54) is 6.42 Å². The Morgan fingerprint density at radius 1 is 1.12 bits per heavy atom. The minimum atomic E-state index is 0.204. The SMILES string of the molecule is O=C(NCCCn1ccc2cnc(Nc3ccc(N4CCOCC4)nc3)nc21)C1CCC1. The second-order valence-corrected chi connectivity index (χ2v) is 8.38. The lowest BCUT2D eigenvalue weighted by atomic mass is 9.85. The molecule has 4 heterocycles. The maximum atomic E-state index is 12.0. The Morgan fingerprint density at radius 3 is 2.75 bits per heavy atom. The number of rotatable bonds is 8. The van der Waals surface area contributed by atoms with E-state index in [9.17, 15) is 4.79 Å². The number of hydrogen-bond acceptors (Lipinski definition) is 7. The van der Waals surface area contributed by atoms with Crippen LogP contribution in [-0.4, -0.2) is 58.3 Å². The minimum Gasteiger partial charge on any atom is -0.378 e. The van der Waals surface area contributed by atoms with E-state index >= 15 is 0 Å². The molecular weight excluding hydrogens is 406 g/mol. The monoisotopic (exact) mass is 435 g/mol. The number of carbonyl (C=O) groups is 1. The zero-order valence-corrected chi connectivity index (χ0v) is 18.2. The Bertz CT molecular complexity index is 1060. The van der Waals surface area contributed by atoms with Crippen molar-refractivity contribution < 1.29 is 9.53 Å². The number of carbonyl (C=O) groups excluding carboxylic acids is 1. The molecule has 2 fully saturated rings. The molecule has 1 saturated carbocycles. The van der Waals surface area contributed by atoms with Gasteiger partial charge in [-0.15, -0.1) is 0 Å². The average Bonchev–Trinajstić information content (AvgIpc) is 3.19. The summed E-state index contributed by atoms with van der Waals surface area (Å²) in [4.78, 5) is 27.9. The smallest absolute Gasteiger partial charge is 0.229 e. The summed E-state index contributed by atoms with van der Waals surface area (Å²) in [5, 5.41) is 7.30. The molecule has 1 aliphatic carbocycles. The van der Waals surface area contributed by atoms with Gasteiger partial charge in [0.05, 0.1) is 25.1 Å². The van der Waals surface area contributed by atoms with Gasteiger partial charge in [0, 0.05) is 49.9 Å². The first kappa shape index (κ1) is 20.7. The summed E-state index contributed by atoms with van der Waals surface area (Å²) in [6.45, 7) is 4.68. The van der Waals surface area contributed by atoms with Crippen LogP contribution in [0.3, 0.4) is 0 Å². The number of hydrogen-bond donors (Lipinski definition) is 2. The van der Waals surface area contributed by atoms with Crippen LogP contribution in [0.25, 0.3) is 11.0 Å². The molecule has 1 amide bonds. The first-order chi connectivity index (χ1) is 15.8. The van der Waals surface area contributed by atoms with Crippen LogP contribution in [0.1, 0.15) is 25.7 Å². The molecule has 0 bridgehead atoms. The fourth-order valence-electron chi connectivity index (χ4n) is 4.06. The van der Waals surface area contributed by atoms with Gasteiger partial charge in [-0.05, 0) is 37.5 Å². The summed E-state index contributed by atoms with van der Waals surface area (Å²) in [6.07, 6.45) is 9.77. The number of fused-ring (bicyclic) bond motifs is 1. The average molecular weight is 436 g/mol. The van der Waals surface area contributed by atoms with Gasteiger partial charge in [-0.25, -0.2) is 9.97 Å². The Labute approximate surface area is 187 Å². The number of nitrogens with one attached hydrogen (secondary N) is 2. The normalized spacial score (nSPS) is 16.7. The van der Waals surface area contributed by atoms with Gasteiger partial charge in [-0.2, -0.15) is 4.98 Å². The third kappa shape index (κ3) is 4.67. The summed E-state index contributed by atoms with van der Waals surface area (Å²) in [7, 11) is 0. The van der Waals surface area contributed by atoms with Crippen molar-refractivity contribution in [1.82, 2.24) is 24.8 Å². The molecule has 2 aliphatic rings. The fourth-order valence-corrected chi connectivity index (χ4v) is 4.06. The number of aromatic nitrogens is 4. The fraction of sp³-hybridized carbons (Fsp3) is 0.478. The maximum absolute atomic E-state index is 12.0. The molecule has 5 rings (SSSR count). The third-order valence-electron chi connectivity index (χ3n) is 6.19. The topological polar surface area (TPSA) is 97.2 Å². The lowest BCUT2D eigenvalue weighted by Gasteiger charge is -2.27. The van der Waals surface area contributed by atoms with Gasteiger partial charge in [0.25, 0.3) is 0 Å². The van der Waals surface area contributed by atoms with E-state index in [1.54, 1.807) is 0 Å². The number of pyridine rings is 1. The molecule has 9 heteroatoms. The largest absolute Gasteiger partial charge is 0.378 e. The van der Waals surface area contributed by atoms with Crippen LogP contribution in [0.2, 0.25) is 0 Å². The molecule has 2 N–H and O–H groups in total. The second kappa shape index (κ2) is 9.52. The summed E-state index contributed by atoms with van der Waals surface area (Å²) in [5.41, 5.74) is 1.73. The summed E-state index contributed by atoms with van der Waals surface area (Å²) >= 11 is 0. The Hall–Kier alpha value is -3.20. The van der Waals surface area contributed by atoms with E-state index in [1.807, 2.05) is 36.8 Å². The van der Waals surface area contributed by atoms with Gasteiger partial charge >= 0.3 is 0 Å². The van der Waals surface area contributed by atoms with Gasteiger partial charge in [-0.1, -0.05) is 6.42 Å². The van der Waals surface area contributed by atoms with E-state index < -0.39 is 0 Å². The molecule has 0 spiro atoms. The second-order valence-electron chi connectivity index (χ2n) is 8.38. The van der Waals surface area contributed by atoms with Crippen molar-refractivity contribution in [3.8, 4) is 0 Å². The van der Waals surface area contributed by atoms with E-state index in [2.05, 4.69) is 30.1 Å². The number of anilines is 3. The van der Waals surface area contributed by atoms with Gasteiger partial charge < -0.3 is 24.8 Å². The van der Waals surface area contributed by atoms with Gasteiger partial charge in [0.2, 0.25) is 11.9 Å². The van der Waals surface area contributed by atoms with Crippen LogP contribution in [0, 0.1) is 5.92 Å². The van der Waals surface area contributed by atoms with Crippen LogP contribution in [0.15, 0.2) is 36.8 Å². The highest BCUT2D eigenvalue weighted by molar-refractivity contribution is 5.79. The van der Waals surface area contributed by atoms with Crippen molar-refractivity contribution in [3.63, 3.8) is 0 Å². The first-order valence-electron chi connectivity index (χ1n) is 11.4. The highest BCUT2D eigenvalue weighted by Crippen LogP contribution is 2.26. The summed E-state index contributed by atoms with van der Waals surface area (Å²) < 4.78 is 7.51. The Balaban J connectivity index is 1.19. The zero-order valence-electron chi connectivity index (χ0n) is 18.2. The van der Waals surface area contributed by atoms with Crippen LogP contribution in [0.4, 0.5) is 17.5 Å². The van der Waals surface area contributed by atoms with Crippen LogP contribution >= 0.6 is 0 Å². The number of aryl methyl sites for hydroxylation is 1. The molecule has 1 saturated heterocycles. The molecule has 9 nitrogen and oxygen atoms in total. The van der Waals surface area contributed by atoms with Gasteiger partial charge in [-0.3, -0.25) is 4.79 Å². The van der Waals surface area contributed by atoms with E-state index in [0.717, 1.165) is 74.6 Å². The Kier molecular flexibility index (Phi) is 6.15. The van der Waals surface area contributed by atoms with Crippen molar-refractivity contribution in [1.29, 1.82) is 0 Å². The van der Waals surface area contributed by atoms with Gasteiger partial charge in [0.1, 0.15) is 11.5 Å². The molecule has 1 aliphatic heterocycles. The standard InChI is InChI=1S/C23H29N7O2/c31-22(17-3-1-4-17)24-8-2-9-30-10-7-18-15-26-23(28-21(18)30)27-19-5-6-20(25-16-19)29-11-13-32-14-12-29/h5-7,10,15-17H,1-4,8-9,11-14H2,(H,24,31)(H,26,27,28). The predicted octanol–water partition coefficient (Wildman–Crippen LogP) is 2.71. The molecule has 0 atom stereocenters. The van der Waals surface area contributed by atoms with Crippen molar-refractivity contribution in [2.75, 3.05) is 43.1 Å². The lowest BCUT2D eigenvalue weighted by molar-refractivity contribution is -0.127. The Morgan fingerprint density at radius 2 is 2.00 bits per heavy atom. The van der Waals surface area contributed by atoms with E-state index in [0.29, 0.717) is 12.5 Å². The third-order valence-corrected chi connectivity index (χ3v) is 6.19. The maximum Gasteiger partial charge on any atom is 0.229 e. The number of nitrogens with zero attached hydrogens (tertiary/aromatic N) is 5. The molecule has 0 unspecified atom stereocenters. The summed E-state index contributed by atoms with van der Waals surface area (Å²) in [5.74, 6) is 1.93. The minimum absolute atomic E-state index is 0.204. The van der Waals surface area contributed by atoms with E-state index in [-0.39, 0.29) is 11.8 Å². The first-order valence-corrected chi connectivity index (χ1v) is 11.4. The van der Waals surface area contributed by atoms with Crippen molar-refractivity contribution >= 4 is 34.4 Å². The number of amides is 1. The lowest BCUT2D eigenvalue weighted by Crippen LogP contribution is -2.36.